The average molecular weight is 497 g/mol. The molecule has 1 aliphatic rings. The van der Waals surface area contributed by atoms with Crippen LogP contribution in [0.5, 0.6) is 5.75 Å². The highest BCUT2D eigenvalue weighted by Crippen LogP contribution is 2.32. The normalized spacial score (nSPS) is 14.5. The van der Waals surface area contributed by atoms with Crippen molar-refractivity contribution in [1.29, 1.82) is 5.26 Å². The van der Waals surface area contributed by atoms with Crippen LogP contribution in [0.2, 0.25) is 5.02 Å². The van der Waals surface area contributed by atoms with Crippen molar-refractivity contribution >= 4 is 45.7 Å². The summed E-state index contributed by atoms with van der Waals surface area (Å²) in [5, 5.41) is 16.2. The van der Waals surface area contributed by atoms with E-state index in [0.29, 0.717) is 24.3 Å². The molecule has 0 bridgehead atoms. The molecule has 1 saturated heterocycles. The maximum Gasteiger partial charge on any atom is 0.413 e. The molecule has 4 heterocycles. The third-order valence-corrected chi connectivity index (χ3v) is 5.96. The van der Waals surface area contributed by atoms with E-state index in [4.69, 9.17) is 21.6 Å². The Balaban J connectivity index is 1.38. The van der Waals surface area contributed by atoms with Crippen LogP contribution in [0.1, 0.15) is 6.92 Å². The van der Waals surface area contributed by atoms with Crippen LogP contribution < -0.4 is 10.1 Å². The van der Waals surface area contributed by atoms with E-state index in [1.807, 2.05) is 0 Å². The average Bonchev–Trinajstić information content (AvgIpc) is 3.33. The Morgan fingerprint density at radius 1 is 1.40 bits per heavy atom. The molecule has 1 aromatic carbocycles. The molecule has 35 heavy (non-hydrogen) atoms. The first-order valence-corrected chi connectivity index (χ1v) is 11.0. The summed E-state index contributed by atoms with van der Waals surface area (Å²) < 4.78 is 21.6. The minimum Gasteiger partial charge on any atom is -0.406 e. The molecule has 1 aliphatic heterocycles. The second kappa shape index (κ2) is 8.52. The monoisotopic (exact) mass is 496 g/mol. The standard InChI is InChI=1S/C22H18ClFN8O3/c1-10(21(33)32-8-11(5-25)9-32)28-22(34)35-16-7-27-20-19(16)29-14(6-26-20)18-17-13(24)3-12(23)4-15(17)31(2)30-18/h3-4,6-7,10-11H,8-9H2,1-2H3,(H,26,27)(H,28,34)/t10-/m1/s1. The van der Waals surface area contributed by atoms with Gasteiger partial charge in [-0.05, 0) is 19.1 Å². The van der Waals surface area contributed by atoms with E-state index in [2.05, 4.69) is 31.4 Å². The number of amides is 2. The summed E-state index contributed by atoms with van der Waals surface area (Å²) in [5.74, 6) is -0.967. The zero-order chi connectivity index (χ0) is 24.9. The van der Waals surface area contributed by atoms with Crippen molar-refractivity contribution in [3.8, 4) is 23.2 Å². The fourth-order valence-corrected chi connectivity index (χ4v) is 4.12. The van der Waals surface area contributed by atoms with Gasteiger partial charge in [-0.2, -0.15) is 10.4 Å². The van der Waals surface area contributed by atoms with Crippen molar-refractivity contribution in [2.75, 3.05) is 13.1 Å². The number of rotatable bonds is 4. The number of hydrogen-bond acceptors (Lipinski definition) is 7. The van der Waals surface area contributed by atoms with Crippen LogP contribution in [0.15, 0.2) is 24.5 Å². The van der Waals surface area contributed by atoms with Crippen LogP contribution in [-0.4, -0.2) is 60.8 Å². The van der Waals surface area contributed by atoms with E-state index in [0.717, 1.165) is 0 Å². The number of hydrogen-bond donors (Lipinski definition) is 2. The lowest BCUT2D eigenvalue weighted by atomic mass is 10.0. The zero-order valence-corrected chi connectivity index (χ0v) is 19.3. The van der Waals surface area contributed by atoms with Crippen LogP contribution in [0.25, 0.3) is 33.5 Å². The van der Waals surface area contributed by atoms with Gasteiger partial charge in [-0.15, -0.1) is 0 Å². The lowest BCUT2D eigenvalue weighted by Crippen LogP contribution is -2.56. The number of carbonyl (C=O) groups is 2. The molecule has 5 rings (SSSR count). The Morgan fingerprint density at radius 3 is 2.91 bits per heavy atom. The predicted octanol–water partition coefficient (Wildman–Crippen LogP) is 2.76. The first-order valence-electron chi connectivity index (χ1n) is 10.6. The molecule has 4 aromatic rings. The Labute approximate surface area is 202 Å². The van der Waals surface area contributed by atoms with Crippen molar-refractivity contribution in [2.24, 2.45) is 13.0 Å². The number of aryl methyl sites for hydroxylation is 1. The number of nitrogens with zero attached hydrogens (tertiary/aromatic N) is 6. The van der Waals surface area contributed by atoms with Crippen LogP contribution >= 0.6 is 11.6 Å². The number of carbonyl (C=O) groups excluding carboxylic acids is 2. The number of fused-ring (bicyclic) bond motifs is 2. The molecule has 1 fully saturated rings. The first kappa shape index (κ1) is 22.5. The van der Waals surface area contributed by atoms with E-state index >= 15 is 0 Å². The van der Waals surface area contributed by atoms with Crippen molar-refractivity contribution in [2.45, 2.75) is 13.0 Å². The molecule has 2 N–H and O–H groups in total. The number of aromatic nitrogens is 5. The Kier molecular flexibility index (Phi) is 5.49. The third kappa shape index (κ3) is 4.00. The summed E-state index contributed by atoms with van der Waals surface area (Å²) in [6.45, 7) is 2.21. The van der Waals surface area contributed by atoms with Gasteiger partial charge in [-0.1, -0.05) is 11.6 Å². The van der Waals surface area contributed by atoms with E-state index in [-0.39, 0.29) is 44.9 Å². The van der Waals surface area contributed by atoms with Gasteiger partial charge in [0.15, 0.2) is 16.9 Å². The molecule has 13 heteroatoms. The number of likely N-dealkylation sites (tertiary alicyclic amines) is 1. The van der Waals surface area contributed by atoms with E-state index < -0.39 is 18.0 Å². The van der Waals surface area contributed by atoms with Gasteiger partial charge < -0.3 is 19.9 Å². The van der Waals surface area contributed by atoms with Crippen LogP contribution in [0, 0.1) is 23.1 Å². The quantitative estimate of drug-likeness (QED) is 0.442. The molecule has 0 radical (unpaired) electrons. The molecule has 11 nitrogen and oxygen atoms in total. The Bertz CT molecular complexity index is 1540. The van der Waals surface area contributed by atoms with Crippen molar-refractivity contribution < 1.29 is 18.7 Å². The maximum atomic E-state index is 14.7. The van der Waals surface area contributed by atoms with Gasteiger partial charge in [0.25, 0.3) is 0 Å². The van der Waals surface area contributed by atoms with Gasteiger partial charge in [-0.3, -0.25) is 9.48 Å². The van der Waals surface area contributed by atoms with Gasteiger partial charge in [0.05, 0.1) is 29.1 Å². The highest BCUT2D eigenvalue weighted by atomic mass is 35.5. The third-order valence-electron chi connectivity index (χ3n) is 5.74. The molecule has 0 saturated carbocycles. The largest absolute Gasteiger partial charge is 0.413 e. The van der Waals surface area contributed by atoms with Crippen molar-refractivity contribution in [3.63, 3.8) is 0 Å². The topological polar surface area (TPSA) is 142 Å². The van der Waals surface area contributed by atoms with Crippen molar-refractivity contribution in [1.82, 2.24) is 34.9 Å². The molecule has 0 aliphatic carbocycles. The van der Waals surface area contributed by atoms with Gasteiger partial charge in [-0.25, -0.2) is 19.2 Å². The summed E-state index contributed by atoms with van der Waals surface area (Å²) in [6.07, 6.45) is 1.98. The highest BCUT2D eigenvalue weighted by molar-refractivity contribution is 6.31. The van der Waals surface area contributed by atoms with E-state index in [9.17, 15) is 14.0 Å². The second-order valence-electron chi connectivity index (χ2n) is 8.18. The van der Waals surface area contributed by atoms with E-state index in [1.165, 1.54) is 35.0 Å². The Hall–Kier alpha value is -4.24. The number of H-pyrrole nitrogens is 1. The molecule has 1 atom stereocenters. The lowest BCUT2D eigenvalue weighted by molar-refractivity contribution is -0.137. The molecular weight excluding hydrogens is 479 g/mol. The number of halogens is 2. The number of nitriles is 1. The summed E-state index contributed by atoms with van der Waals surface area (Å²) in [6, 6.07) is 4.04. The number of nitrogens with one attached hydrogen (secondary N) is 2. The zero-order valence-electron chi connectivity index (χ0n) is 18.5. The molecular formula is C22H18ClFN8O3. The number of aromatic amines is 1. The summed E-state index contributed by atoms with van der Waals surface area (Å²) in [4.78, 5) is 37.9. The maximum absolute atomic E-state index is 14.7. The first-order chi connectivity index (χ1) is 16.7. The van der Waals surface area contributed by atoms with Crippen LogP contribution in [0.3, 0.4) is 0 Å². The fourth-order valence-electron chi connectivity index (χ4n) is 3.93. The minimum atomic E-state index is -0.861. The second-order valence-corrected chi connectivity index (χ2v) is 8.62. The predicted molar refractivity (Wildman–Crippen MR) is 123 cm³/mol. The Morgan fingerprint density at radius 2 is 2.17 bits per heavy atom. The number of benzene rings is 1. The highest BCUT2D eigenvalue weighted by Gasteiger charge is 2.33. The van der Waals surface area contributed by atoms with E-state index in [1.54, 1.807) is 13.1 Å². The molecule has 178 valence electrons. The molecule has 0 spiro atoms. The summed E-state index contributed by atoms with van der Waals surface area (Å²) >= 11 is 5.98. The van der Waals surface area contributed by atoms with Gasteiger partial charge in [0.1, 0.15) is 23.2 Å². The van der Waals surface area contributed by atoms with Gasteiger partial charge in [0, 0.05) is 31.4 Å². The number of ether oxygens (including phenoxy) is 1. The summed E-state index contributed by atoms with van der Waals surface area (Å²) in [7, 11) is 1.66. The molecule has 2 amide bonds. The van der Waals surface area contributed by atoms with Crippen LogP contribution in [0.4, 0.5) is 9.18 Å². The lowest BCUT2D eigenvalue weighted by Gasteiger charge is -2.36. The molecule has 3 aromatic heterocycles. The smallest absolute Gasteiger partial charge is 0.406 e. The minimum absolute atomic E-state index is 0.0729. The van der Waals surface area contributed by atoms with Gasteiger partial charge in [0.2, 0.25) is 5.91 Å². The molecule has 0 unspecified atom stereocenters. The summed E-state index contributed by atoms with van der Waals surface area (Å²) in [5.41, 5.74) is 1.57. The SMILES string of the molecule is C[C@@H](NC(=O)Oc1c[nH]c2ncc(-c3nn(C)c4cc(Cl)cc(F)c34)nc12)C(=O)N1CC(C#N)C1. The van der Waals surface area contributed by atoms with Crippen molar-refractivity contribution in [3.05, 3.63) is 35.4 Å². The van der Waals surface area contributed by atoms with Crippen LogP contribution in [-0.2, 0) is 11.8 Å². The van der Waals surface area contributed by atoms with Gasteiger partial charge >= 0.3 is 6.09 Å². The fraction of sp³-hybridized carbons (Fsp3) is 0.273.